The van der Waals surface area contributed by atoms with Crippen molar-refractivity contribution in [2.45, 2.75) is 6.42 Å². The monoisotopic (exact) mass is 364 g/mol. The minimum Gasteiger partial charge on any atom is -0.370 e. The van der Waals surface area contributed by atoms with E-state index < -0.39 is 11.6 Å². The fourth-order valence-electron chi connectivity index (χ4n) is 3.60. The number of nitrogens with zero attached hydrogens (tertiary/aromatic N) is 4. The molecule has 0 N–H and O–H groups in total. The summed E-state index contributed by atoms with van der Waals surface area (Å²) in [6.45, 7) is 3.06. The molecule has 1 saturated heterocycles. The second kappa shape index (κ2) is 7.20. The first-order chi connectivity index (χ1) is 13.2. The van der Waals surface area contributed by atoms with Gasteiger partial charge in [0, 0.05) is 38.1 Å². The van der Waals surface area contributed by atoms with Crippen LogP contribution in [0.25, 0.3) is 10.9 Å². The Hall–Kier alpha value is -3.20. The molecule has 0 aliphatic carbocycles. The molecule has 2 heterocycles. The summed E-state index contributed by atoms with van der Waals surface area (Å²) in [5.74, 6) is -0.968. The zero-order valence-electron chi connectivity index (χ0n) is 14.7. The van der Waals surface area contributed by atoms with Crippen LogP contribution in [-0.4, -0.2) is 31.2 Å². The molecule has 1 aliphatic heterocycles. The van der Waals surface area contributed by atoms with Crippen molar-refractivity contribution < 1.29 is 8.78 Å². The lowest BCUT2D eigenvalue weighted by atomic mass is 10.1. The maximum Gasteiger partial charge on any atom is 0.149 e. The van der Waals surface area contributed by atoms with Gasteiger partial charge < -0.3 is 9.80 Å². The van der Waals surface area contributed by atoms with E-state index in [1.807, 2.05) is 24.3 Å². The van der Waals surface area contributed by atoms with E-state index in [4.69, 9.17) is 5.26 Å². The Morgan fingerprint density at radius 3 is 2.33 bits per heavy atom. The van der Waals surface area contributed by atoms with Crippen molar-refractivity contribution in [1.82, 2.24) is 4.98 Å². The minimum atomic E-state index is -0.512. The fourth-order valence-corrected chi connectivity index (χ4v) is 3.60. The molecule has 6 heteroatoms. The molecule has 1 aliphatic rings. The Kier molecular flexibility index (Phi) is 4.59. The number of hydrogen-bond donors (Lipinski definition) is 0. The number of fused-ring (bicyclic) bond motifs is 1. The van der Waals surface area contributed by atoms with Crippen molar-refractivity contribution >= 4 is 22.3 Å². The van der Waals surface area contributed by atoms with Gasteiger partial charge in [-0.15, -0.1) is 0 Å². The Labute approximate surface area is 156 Å². The van der Waals surface area contributed by atoms with Gasteiger partial charge in [-0.1, -0.05) is 0 Å². The van der Waals surface area contributed by atoms with Crippen molar-refractivity contribution in [2.24, 2.45) is 0 Å². The lowest BCUT2D eigenvalue weighted by Gasteiger charge is -2.25. The van der Waals surface area contributed by atoms with Crippen LogP contribution < -0.4 is 9.80 Å². The van der Waals surface area contributed by atoms with Gasteiger partial charge in [0.2, 0.25) is 0 Å². The minimum absolute atomic E-state index is 0.0701. The summed E-state index contributed by atoms with van der Waals surface area (Å²) >= 11 is 0. The SMILES string of the molecule is N#Cc1ccc(N2CCCN(c3ccnc4c(F)ccc(F)c34)CC2)cc1. The third-order valence-corrected chi connectivity index (χ3v) is 4.97. The molecule has 1 aromatic heterocycles. The zero-order chi connectivity index (χ0) is 18.8. The molecule has 0 spiro atoms. The van der Waals surface area contributed by atoms with Gasteiger partial charge in [0.25, 0.3) is 0 Å². The quantitative estimate of drug-likeness (QED) is 0.687. The van der Waals surface area contributed by atoms with Gasteiger partial charge in [0.1, 0.15) is 17.2 Å². The molecule has 1 fully saturated rings. The van der Waals surface area contributed by atoms with Gasteiger partial charge >= 0.3 is 0 Å². The number of nitriles is 1. The summed E-state index contributed by atoms with van der Waals surface area (Å²) in [6, 6.07) is 13.7. The average molecular weight is 364 g/mol. The zero-order valence-corrected chi connectivity index (χ0v) is 14.7. The lowest BCUT2D eigenvalue weighted by Crippen LogP contribution is -2.30. The van der Waals surface area contributed by atoms with Crippen molar-refractivity contribution in [3.8, 4) is 6.07 Å². The van der Waals surface area contributed by atoms with Gasteiger partial charge in [0.05, 0.1) is 22.7 Å². The van der Waals surface area contributed by atoms with Crippen molar-refractivity contribution in [3.63, 3.8) is 0 Å². The molecule has 4 nitrogen and oxygen atoms in total. The first kappa shape index (κ1) is 17.2. The molecule has 136 valence electrons. The molecule has 0 atom stereocenters. The van der Waals surface area contributed by atoms with Crippen molar-refractivity contribution in [3.05, 3.63) is 65.9 Å². The summed E-state index contributed by atoms with van der Waals surface area (Å²) in [7, 11) is 0. The molecule has 0 saturated carbocycles. The standard InChI is InChI=1S/C21H18F2N4/c22-17-6-7-18(23)21-20(17)19(8-9-25-21)27-11-1-10-26(12-13-27)16-4-2-15(14-24)3-5-16/h2-9H,1,10-13H2. The van der Waals surface area contributed by atoms with Crippen LogP contribution in [0.1, 0.15) is 12.0 Å². The maximum atomic E-state index is 14.4. The van der Waals surface area contributed by atoms with E-state index in [9.17, 15) is 8.78 Å². The normalized spacial score (nSPS) is 14.9. The summed E-state index contributed by atoms with van der Waals surface area (Å²) in [6.07, 6.45) is 2.42. The molecular weight excluding hydrogens is 346 g/mol. The smallest absolute Gasteiger partial charge is 0.149 e. The highest BCUT2D eigenvalue weighted by Gasteiger charge is 2.20. The van der Waals surface area contributed by atoms with Crippen LogP contribution in [0, 0.1) is 23.0 Å². The second-order valence-corrected chi connectivity index (χ2v) is 6.57. The molecule has 4 rings (SSSR count). The highest BCUT2D eigenvalue weighted by Crippen LogP contribution is 2.30. The van der Waals surface area contributed by atoms with Gasteiger partial charge in [-0.25, -0.2) is 8.78 Å². The van der Waals surface area contributed by atoms with Gasteiger partial charge in [-0.05, 0) is 48.9 Å². The molecule has 2 aromatic carbocycles. The summed E-state index contributed by atoms with van der Waals surface area (Å²) in [4.78, 5) is 8.37. The third-order valence-electron chi connectivity index (χ3n) is 4.97. The Morgan fingerprint density at radius 1 is 0.852 bits per heavy atom. The van der Waals surface area contributed by atoms with E-state index in [1.54, 1.807) is 6.07 Å². The molecular formula is C21H18F2N4. The van der Waals surface area contributed by atoms with E-state index in [0.29, 0.717) is 17.8 Å². The summed E-state index contributed by atoms with van der Waals surface area (Å²) in [5, 5.41) is 9.18. The first-order valence-electron chi connectivity index (χ1n) is 8.90. The summed E-state index contributed by atoms with van der Waals surface area (Å²) in [5.41, 5.74) is 2.45. The van der Waals surface area contributed by atoms with Gasteiger partial charge in [-0.2, -0.15) is 5.26 Å². The van der Waals surface area contributed by atoms with Crippen LogP contribution >= 0.6 is 0 Å². The molecule has 0 amide bonds. The number of hydrogen-bond acceptors (Lipinski definition) is 4. The summed E-state index contributed by atoms with van der Waals surface area (Å²) < 4.78 is 28.5. The second-order valence-electron chi connectivity index (χ2n) is 6.57. The van der Waals surface area contributed by atoms with E-state index >= 15 is 0 Å². The Balaban J connectivity index is 1.61. The molecule has 0 radical (unpaired) electrons. The maximum absolute atomic E-state index is 14.4. The van der Waals surface area contributed by atoms with E-state index in [0.717, 1.165) is 43.9 Å². The van der Waals surface area contributed by atoms with Crippen LogP contribution in [-0.2, 0) is 0 Å². The number of rotatable bonds is 2. The van der Waals surface area contributed by atoms with Crippen LogP contribution in [0.15, 0.2) is 48.7 Å². The number of aromatic nitrogens is 1. The largest absolute Gasteiger partial charge is 0.370 e. The van der Waals surface area contributed by atoms with Crippen molar-refractivity contribution in [1.29, 1.82) is 5.26 Å². The third kappa shape index (κ3) is 3.28. The topological polar surface area (TPSA) is 43.2 Å². The van der Waals surface area contributed by atoms with E-state index in [-0.39, 0.29) is 10.9 Å². The number of benzene rings is 2. The van der Waals surface area contributed by atoms with Crippen LogP contribution in [0.5, 0.6) is 0 Å². The van der Waals surface area contributed by atoms with Crippen LogP contribution in [0.2, 0.25) is 0 Å². The van der Waals surface area contributed by atoms with Gasteiger partial charge in [0.15, 0.2) is 0 Å². The molecule has 0 unspecified atom stereocenters. The Bertz CT molecular complexity index is 1010. The predicted molar refractivity (Wildman–Crippen MR) is 102 cm³/mol. The van der Waals surface area contributed by atoms with Gasteiger partial charge in [-0.3, -0.25) is 4.98 Å². The molecule has 27 heavy (non-hydrogen) atoms. The highest BCUT2D eigenvalue weighted by atomic mass is 19.1. The van der Waals surface area contributed by atoms with E-state index in [2.05, 4.69) is 20.9 Å². The predicted octanol–water partition coefficient (Wildman–Crippen LogP) is 4.10. The average Bonchev–Trinajstić information content (AvgIpc) is 2.97. The van der Waals surface area contributed by atoms with Crippen LogP contribution in [0.3, 0.4) is 0 Å². The van der Waals surface area contributed by atoms with E-state index in [1.165, 1.54) is 6.20 Å². The Morgan fingerprint density at radius 2 is 1.56 bits per heavy atom. The lowest BCUT2D eigenvalue weighted by molar-refractivity contribution is 0.615. The number of anilines is 2. The van der Waals surface area contributed by atoms with Crippen molar-refractivity contribution in [2.75, 3.05) is 36.0 Å². The molecule has 0 bridgehead atoms. The number of halogens is 2. The highest BCUT2D eigenvalue weighted by molar-refractivity contribution is 5.92. The molecule has 3 aromatic rings. The first-order valence-corrected chi connectivity index (χ1v) is 8.90. The van der Waals surface area contributed by atoms with Crippen LogP contribution in [0.4, 0.5) is 20.2 Å². The fraction of sp³-hybridized carbons (Fsp3) is 0.238. The number of pyridine rings is 1.